The Hall–Kier alpha value is -0.450. The van der Waals surface area contributed by atoms with Gasteiger partial charge in [0.15, 0.2) is 3.79 Å². The fourth-order valence-electron chi connectivity index (χ4n) is 2.46. The second kappa shape index (κ2) is 9.19. The number of benzene rings is 2. The second-order valence-electron chi connectivity index (χ2n) is 6.22. The molecule has 2 aromatic carbocycles. The first-order valence-electron chi connectivity index (χ1n) is 7.84. The lowest BCUT2D eigenvalue weighted by atomic mass is 9.92. The highest BCUT2D eigenvalue weighted by Gasteiger charge is 2.40. The number of alkyl halides is 6. The van der Waals surface area contributed by atoms with Gasteiger partial charge in [0.1, 0.15) is 5.60 Å². The smallest absolute Gasteiger partial charge is 0.383 e. The van der Waals surface area contributed by atoms with E-state index in [-0.39, 0.29) is 15.6 Å². The first-order valence-corrected chi connectivity index (χ1v) is 11.1. The summed E-state index contributed by atoms with van der Waals surface area (Å²) in [6, 6.07) is 6.78. The summed E-state index contributed by atoms with van der Waals surface area (Å²) in [5, 5.41) is 11.2. The molecule has 1 N–H and O–H groups in total. The van der Waals surface area contributed by atoms with Crippen molar-refractivity contribution < 1.29 is 30.9 Å². The molecular formula is C17H12Cl5F3O4S. The average Bonchev–Trinajstić information content (AvgIpc) is 2.57. The van der Waals surface area contributed by atoms with E-state index < -0.39 is 49.2 Å². The van der Waals surface area contributed by atoms with E-state index in [1.54, 1.807) is 0 Å². The second-order valence-corrected chi connectivity index (χ2v) is 11.2. The van der Waals surface area contributed by atoms with Gasteiger partial charge in [-0.25, -0.2) is 0 Å². The summed E-state index contributed by atoms with van der Waals surface area (Å²) in [4.78, 5) is -0.766. The Kier molecular flexibility index (Phi) is 7.91. The zero-order valence-electron chi connectivity index (χ0n) is 14.6. The standard InChI is InChI=1S/C17H12Cl5F3O4S/c18-12-4-11(5-13(19)7-12)15(26,8-16(20,21)22)9-29-30(27,28)14-3-1-2-10(6-14)17(23,24)25/h1-7,26H,8-9H2. The Bertz CT molecular complexity index is 1000. The molecule has 1 unspecified atom stereocenters. The number of hydrogen-bond acceptors (Lipinski definition) is 4. The van der Waals surface area contributed by atoms with E-state index >= 15 is 0 Å². The van der Waals surface area contributed by atoms with Crippen molar-refractivity contribution in [2.75, 3.05) is 6.61 Å². The average molecular weight is 547 g/mol. The van der Waals surface area contributed by atoms with Crippen LogP contribution >= 0.6 is 58.0 Å². The maximum absolute atomic E-state index is 12.9. The van der Waals surface area contributed by atoms with Crippen LogP contribution in [0.1, 0.15) is 17.5 Å². The van der Waals surface area contributed by atoms with E-state index in [1.165, 1.54) is 18.2 Å². The zero-order valence-corrected chi connectivity index (χ0v) is 19.2. The Morgan fingerprint density at radius 1 is 0.933 bits per heavy atom. The van der Waals surface area contributed by atoms with Gasteiger partial charge in [0, 0.05) is 16.5 Å². The number of rotatable bonds is 6. The van der Waals surface area contributed by atoms with Gasteiger partial charge in [0.25, 0.3) is 10.1 Å². The van der Waals surface area contributed by atoms with Crippen LogP contribution < -0.4 is 0 Å². The summed E-state index contributed by atoms with van der Waals surface area (Å²) >= 11 is 29.1. The topological polar surface area (TPSA) is 63.6 Å². The fraction of sp³-hybridized carbons (Fsp3) is 0.294. The molecular weight excluding hydrogens is 535 g/mol. The minimum Gasteiger partial charge on any atom is -0.383 e. The van der Waals surface area contributed by atoms with Crippen molar-refractivity contribution in [1.82, 2.24) is 0 Å². The maximum atomic E-state index is 12.9. The van der Waals surface area contributed by atoms with Gasteiger partial charge >= 0.3 is 6.18 Å². The molecule has 30 heavy (non-hydrogen) atoms. The van der Waals surface area contributed by atoms with Gasteiger partial charge in [-0.2, -0.15) is 21.6 Å². The van der Waals surface area contributed by atoms with E-state index in [9.17, 15) is 26.7 Å². The number of hydrogen-bond donors (Lipinski definition) is 1. The third-order valence-electron chi connectivity index (χ3n) is 3.80. The Labute approximate surface area is 195 Å². The van der Waals surface area contributed by atoms with E-state index in [2.05, 4.69) is 0 Å². The Morgan fingerprint density at radius 3 is 2.00 bits per heavy atom. The van der Waals surface area contributed by atoms with Crippen LogP contribution in [-0.4, -0.2) is 23.9 Å². The molecule has 1 atom stereocenters. The number of aliphatic hydroxyl groups is 1. The molecule has 0 aliphatic rings. The van der Waals surface area contributed by atoms with Crippen molar-refractivity contribution in [3.05, 3.63) is 63.6 Å². The van der Waals surface area contributed by atoms with Crippen molar-refractivity contribution in [3.63, 3.8) is 0 Å². The highest BCUT2D eigenvalue weighted by molar-refractivity contribution is 7.86. The lowest BCUT2D eigenvalue weighted by molar-refractivity contribution is -0.137. The van der Waals surface area contributed by atoms with Gasteiger partial charge in [-0.05, 0) is 42.0 Å². The van der Waals surface area contributed by atoms with Crippen molar-refractivity contribution in [2.45, 2.75) is 26.9 Å². The summed E-state index contributed by atoms with van der Waals surface area (Å²) in [6.45, 7) is -0.990. The molecule has 0 aliphatic carbocycles. The quantitative estimate of drug-likeness (QED) is 0.338. The molecule has 2 rings (SSSR count). The van der Waals surface area contributed by atoms with Gasteiger partial charge in [0.05, 0.1) is 17.1 Å². The van der Waals surface area contributed by atoms with Gasteiger partial charge in [-0.15, -0.1) is 0 Å². The summed E-state index contributed by atoms with van der Waals surface area (Å²) in [5.41, 5.74) is -3.43. The van der Waals surface area contributed by atoms with Gasteiger partial charge in [0.2, 0.25) is 0 Å². The molecule has 0 heterocycles. The molecule has 166 valence electrons. The van der Waals surface area contributed by atoms with E-state index in [1.807, 2.05) is 0 Å². The lowest BCUT2D eigenvalue weighted by Gasteiger charge is -2.31. The zero-order chi connectivity index (χ0) is 23.0. The van der Waals surface area contributed by atoms with E-state index in [4.69, 9.17) is 62.2 Å². The molecule has 0 amide bonds. The monoisotopic (exact) mass is 544 g/mol. The largest absolute Gasteiger partial charge is 0.416 e. The van der Waals surface area contributed by atoms with Crippen LogP contribution in [-0.2, 0) is 26.1 Å². The number of halogens is 8. The molecule has 0 aromatic heterocycles. The van der Waals surface area contributed by atoms with Crippen LogP contribution in [0, 0.1) is 0 Å². The lowest BCUT2D eigenvalue weighted by Crippen LogP contribution is -2.37. The van der Waals surface area contributed by atoms with E-state index in [0.717, 1.165) is 12.1 Å². The third-order valence-corrected chi connectivity index (χ3v) is 5.89. The van der Waals surface area contributed by atoms with Crippen LogP contribution in [0.25, 0.3) is 0 Å². The summed E-state index contributed by atoms with van der Waals surface area (Å²) in [7, 11) is -4.72. The predicted molar refractivity (Wildman–Crippen MR) is 110 cm³/mol. The first kappa shape index (κ1) is 25.8. The highest BCUT2D eigenvalue weighted by atomic mass is 35.6. The molecule has 0 bridgehead atoms. The Morgan fingerprint density at radius 2 is 1.50 bits per heavy atom. The van der Waals surface area contributed by atoms with Gasteiger partial charge in [-0.1, -0.05) is 64.1 Å². The van der Waals surface area contributed by atoms with Crippen LogP contribution in [0.5, 0.6) is 0 Å². The minimum absolute atomic E-state index is 0.0226. The fourth-order valence-corrected chi connectivity index (χ4v) is 4.65. The van der Waals surface area contributed by atoms with Crippen molar-refractivity contribution in [3.8, 4) is 0 Å². The van der Waals surface area contributed by atoms with Crippen LogP contribution in [0.4, 0.5) is 13.2 Å². The molecule has 0 radical (unpaired) electrons. The predicted octanol–water partition coefficient (Wildman–Crippen LogP) is 6.37. The molecule has 0 aliphatic heterocycles. The molecule has 0 spiro atoms. The molecule has 0 saturated carbocycles. The molecule has 4 nitrogen and oxygen atoms in total. The van der Waals surface area contributed by atoms with Gasteiger partial charge in [-0.3, -0.25) is 4.18 Å². The van der Waals surface area contributed by atoms with Crippen molar-refractivity contribution in [1.29, 1.82) is 0 Å². The van der Waals surface area contributed by atoms with Gasteiger partial charge < -0.3 is 5.11 Å². The maximum Gasteiger partial charge on any atom is 0.416 e. The molecule has 13 heteroatoms. The summed E-state index contributed by atoms with van der Waals surface area (Å²) < 4.78 is 66.3. The summed E-state index contributed by atoms with van der Waals surface area (Å²) in [5.74, 6) is 0. The Balaban J connectivity index is 2.39. The van der Waals surface area contributed by atoms with Crippen LogP contribution in [0.2, 0.25) is 10.0 Å². The highest BCUT2D eigenvalue weighted by Crippen LogP contribution is 2.42. The van der Waals surface area contributed by atoms with Crippen LogP contribution in [0.3, 0.4) is 0 Å². The minimum atomic E-state index is -4.76. The molecule has 2 aromatic rings. The SMILES string of the molecule is O=S(=O)(OCC(O)(CC(Cl)(Cl)Cl)c1cc(Cl)cc(Cl)c1)c1cccc(C(F)(F)F)c1. The third kappa shape index (κ3) is 7.03. The van der Waals surface area contributed by atoms with Crippen molar-refractivity contribution >= 4 is 68.1 Å². The normalized spacial score (nSPS) is 15.1. The van der Waals surface area contributed by atoms with E-state index in [0.29, 0.717) is 12.1 Å². The molecule has 0 saturated heterocycles. The summed E-state index contributed by atoms with van der Waals surface area (Å²) in [6.07, 6.45) is -5.40. The van der Waals surface area contributed by atoms with Crippen LogP contribution in [0.15, 0.2) is 47.4 Å². The van der Waals surface area contributed by atoms with Crippen molar-refractivity contribution in [2.24, 2.45) is 0 Å². The molecule has 0 fully saturated rings. The first-order chi connectivity index (χ1) is 13.5.